The highest BCUT2D eigenvalue weighted by Gasteiger charge is 2.14. The van der Waals surface area contributed by atoms with E-state index in [0.29, 0.717) is 11.8 Å². The van der Waals surface area contributed by atoms with Crippen LogP contribution in [0, 0.1) is 5.92 Å². The van der Waals surface area contributed by atoms with Gasteiger partial charge in [0.2, 0.25) is 5.91 Å². The van der Waals surface area contributed by atoms with E-state index in [9.17, 15) is 4.79 Å². The molecule has 1 rings (SSSR count). The standard InChI is InChI=1S/C16H31NO/c1-15(2)14-17-13-11-9-7-5-3-4-6-8-10-12-16(17)18/h15H,3-14H2,1-2H3. The van der Waals surface area contributed by atoms with Crippen LogP contribution in [0.4, 0.5) is 0 Å². The second-order valence-corrected chi connectivity index (χ2v) is 6.17. The van der Waals surface area contributed by atoms with Crippen molar-refractivity contribution in [3.63, 3.8) is 0 Å². The van der Waals surface area contributed by atoms with Gasteiger partial charge in [0.25, 0.3) is 0 Å². The zero-order chi connectivity index (χ0) is 13.2. The normalized spacial score (nSPS) is 21.3. The molecule has 0 aromatic heterocycles. The molecule has 0 aliphatic carbocycles. The maximum Gasteiger partial charge on any atom is 0.222 e. The summed E-state index contributed by atoms with van der Waals surface area (Å²) >= 11 is 0. The summed E-state index contributed by atoms with van der Waals surface area (Å²) in [6.07, 6.45) is 12.4. The van der Waals surface area contributed by atoms with Crippen molar-refractivity contribution in [2.75, 3.05) is 13.1 Å². The number of rotatable bonds is 2. The van der Waals surface area contributed by atoms with E-state index in [-0.39, 0.29) is 0 Å². The quantitative estimate of drug-likeness (QED) is 0.715. The molecule has 0 N–H and O–H groups in total. The van der Waals surface area contributed by atoms with E-state index in [1.54, 1.807) is 0 Å². The Labute approximate surface area is 113 Å². The molecule has 1 aliphatic rings. The van der Waals surface area contributed by atoms with Crippen molar-refractivity contribution in [3.8, 4) is 0 Å². The Hall–Kier alpha value is -0.530. The predicted molar refractivity (Wildman–Crippen MR) is 77.6 cm³/mol. The van der Waals surface area contributed by atoms with Gasteiger partial charge in [-0.15, -0.1) is 0 Å². The maximum absolute atomic E-state index is 12.2. The van der Waals surface area contributed by atoms with Crippen LogP contribution < -0.4 is 0 Å². The molecule has 0 spiro atoms. The summed E-state index contributed by atoms with van der Waals surface area (Å²) < 4.78 is 0. The van der Waals surface area contributed by atoms with Gasteiger partial charge in [0.1, 0.15) is 0 Å². The molecule has 0 radical (unpaired) electrons. The van der Waals surface area contributed by atoms with Crippen LogP contribution >= 0.6 is 0 Å². The number of nitrogens with zero attached hydrogens (tertiary/aromatic N) is 1. The first kappa shape index (κ1) is 15.5. The van der Waals surface area contributed by atoms with E-state index in [1.165, 1.54) is 51.4 Å². The minimum atomic E-state index is 0.392. The van der Waals surface area contributed by atoms with Gasteiger partial charge in [-0.25, -0.2) is 0 Å². The molecule has 1 fully saturated rings. The lowest BCUT2D eigenvalue weighted by Crippen LogP contribution is -2.34. The number of hydrogen-bond acceptors (Lipinski definition) is 1. The highest BCUT2D eigenvalue weighted by Crippen LogP contribution is 2.14. The summed E-state index contributed by atoms with van der Waals surface area (Å²) in [6.45, 7) is 6.33. The number of hydrogen-bond donors (Lipinski definition) is 0. The molecule has 0 unspecified atom stereocenters. The van der Waals surface area contributed by atoms with Gasteiger partial charge in [-0.3, -0.25) is 4.79 Å². The highest BCUT2D eigenvalue weighted by atomic mass is 16.2. The number of amides is 1. The zero-order valence-corrected chi connectivity index (χ0v) is 12.4. The summed E-state index contributed by atoms with van der Waals surface area (Å²) in [6, 6.07) is 0. The van der Waals surface area contributed by atoms with E-state index in [2.05, 4.69) is 18.7 Å². The van der Waals surface area contributed by atoms with E-state index in [0.717, 1.165) is 25.9 Å². The fraction of sp³-hybridized carbons (Fsp3) is 0.938. The molecule has 1 aliphatic heterocycles. The Kier molecular flexibility index (Phi) is 8.11. The lowest BCUT2D eigenvalue weighted by Gasteiger charge is -2.24. The van der Waals surface area contributed by atoms with Gasteiger partial charge >= 0.3 is 0 Å². The molecular formula is C16H31NO. The average molecular weight is 253 g/mol. The van der Waals surface area contributed by atoms with Crippen LogP contribution in [0.2, 0.25) is 0 Å². The molecule has 0 saturated carbocycles. The van der Waals surface area contributed by atoms with E-state index in [1.807, 2.05) is 0 Å². The van der Waals surface area contributed by atoms with Gasteiger partial charge in [0.05, 0.1) is 0 Å². The molecule has 1 amide bonds. The summed E-state index contributed by atoms with van der Waals surface area (Å²) in [5, 5.41) is 0. The largest absolute Gasteiger partial charge is 0.342 e. The van der Waals surface area contributed by atoms with Crippen LogP contribution in [0.5, 0.6) is 0 Å². The molecule has 0 atom stereocenters. The van der Waals surface area contributed by atoms with Gasteiger partial charge < -0.3 is 4.90 Å². The van der Waals surface area contributed by atoms with E-state index < -0.39 is 0 Å². The molecule has 0 aromatic carbocycles. The maximum atomic E-state index is 12.2. The topological polar surface area (TPSA) is 20.3 Å². The fourth-order valence-electron chi connectivity index (χ4n) is 2.73. The van der Waals surface area contributed by atoms with Crippen LogP contribution in [0.3, 0.4) is 0 Å². The van der Waals surface area contributed by atoms with Crippen molar-refractivity contribution >= 4 is 5.91 Å². The summed E-state index contributed by atoms with van der Waals surface area (Å²) in [5.41, 5.74) is 0. The minimum absolute atomic E-state index is 0.392. The summed E-state index contributed by atoms with van der Waals surface area (Å²) in [5.74, 6) is 0.979. The van der Waals surface area contributed by atoms with Gasteiger partial charge in [0.15, 0.2) is 0 Å². The lowest BCUT2D eigenvalue weighted by atomic mass is 10.1. The Balaban J connectivity index is 2.42. The summed E-state index contributed by atoms with van der Waals surface area (Å²) in [7, 11) is 0. The first-order chi connectivity index (χ1) is 8.70. The minimum Gasteiger partial charge on any atom is -0.342 e. The van der Waals surface area contributed by atoms with Crippen molar-refractivity contribution in [1.29, 1.82) is 0 Å². The SMILES string of the molecule is CC(C)CN1CCCCCCCCCCCC1=O. The molecule has 18 heavy (non-hydrogen) atoms. The third-order valence-corrected chi connectivity index (χ3v) is 3.76. The first-order valence-electron chi connectivity index (χ1n) is 7.98. The molecule has 0 bridgehead atoms. The van der Waals surface area contributed by atoms with Crippen LogP contribution in [0.15, 0.2) is 0 Å². The van der Waals surface area contributed by atoms with Crippen LogP contribution in [-0.2, 0) is 4.79 Å². The molecule has 1 heterocycles. The number of carbonyl (C=O) groups is 1. The third-order valence-electron chi connectivity index (χ3n) is 3.76. The van der Waals surface area contributed by atoms with Gasteiger partial charge in [0, 0.05) is 19.5 Å². The van der Waals surface area contributed by atoms with Crippen molar-refractivity contribution < 1.29 is 4.79 Å². The molecular weight excluding hydrogens is 222 g/mol. The van der Waals surface area contributed by atoms with Gasteiger partial charge in [-0.2, -0.15) is 0 Å². The molecule has 2 heteroatoms. The molecule has 2 nitrogen and oxygen atoms in total. The monoisotopic (exact) mass is 253 g/mol. The van der Waals surface area contributed by atoms with Crippen molar-refractivity contribution in [2.24, 2.45) is 5.92 Å². The van der Waals surface area contributed by atoms with Crippen molar-refractivity contribution in [1.82, 2.24) is 4.90 Å². The second-order valence-electron chi connectivity index (χ2n) is 6.17. The number of carbonyl (C=O) groups excluding carboxylic acids is 1. The first-order valence-corrected chi connectivity index (χ1v) is 7.98. The van der Waals surface area contributed by atoms with Gasteiger partial charge in [-0.05, 0) is 18.8 Å². The van der Waals surface area contributed by atoms with Crippen molar-refractivity contribution in [2.45, 2.75) is 78.1 Å². The Bertz CT molecular complexity index is 225. The van der Waals surface area contributed by atoms with Crippen LogP contribution in [-0.4, -0.2) is 23.9 Å². The summed E-state index contributed by atoms with van der Waals surface area (Å²) in [4.78, 5) is 14.3. The van der Waals surface area contributed by atoms with Crippen LogP contribution in [0.25, 0.3) is 0 Å². The van der Waals surface area contributed by atoms with E-state index in [4.69, 9.17) is 0 Å². The van der Waals surface area contributed by atoms with Crippen molar-refractivity contribution in [3.05, 3.63) is 0 Å². The Morgan fingerprint density at radius 2 is 1.39 bits per heavy atom. The Morgan fingerprint density at radius 3 is 1.94 bits per heavy atom. The predicted octanol–water partition coefficient (Wildman–Crippen LogP) is 4.39. The molecule has 0 aromatic rings. The average Bonchev–Trinajstić information content (AvgIpc) is 2.34. The third kappa shape index (κ3) is 7.03. The zero-order valence-electron chi connectivity index (χ0n) is 12.4. The molecule has 106 valence electrons. The van der Waals surface area contributed by atoms with Crippen LogP contribution in [0.1, 0.15) is 78.1 Å². The Morgan fingerprint density at radius 1 is 0.889 bits per heavy atom. The lowest BCUT2D eigenvalue weighted by molar-refractivity contribution is -0.132. The molecule has 1 saturated heterocycles. The highest BCUT2D eigenvalue weighted by molar-refractivity contribution is 5.76. The fourth-order valence-corrected chi connectivity index (χ4v) is 2.73. The van der Waals surface area contributed by atoms with Gasteiger partial charge in [-0.1, -0.05) is 58.8 Å². The smallest absolute Gasteiger partial charge is 0.222 e. The van der Waals surface area contributed by atoms with E-state index >= 15 is 0 Å². The second kappa shape index (κ2) is 9.41.